The normalized spacial score (nSPS) is 10.5. The zero-order chi connectivity index (χ0) is 15.5. The first-order valence-corrected chi connectivity index (χ1v) is 6.70. The van der Waals surface area contributed by atoms with Gasteiger partial charge >= 0.3 is 0 Å². The van der Waals surface area contributed by atoms with Gasteiger partial charge in [-0.15, -0.1) is 5.10 Å². The number of hydrogen-bond donors (Lipinski definition) is 1. The van der Waals surface area contributed by atoms with Crippen LogP contribution in [0, 0.1) is 12.7 Å². The highest BCUT2D eigenvalue weighted by molar-refractivity contribution is 6.03. The summed E-state index contributed by atoms with van der Waals surface area (Å²) >= 11 is 0. The molecular formula is C16H13FN4O. The second-order valence-electron chi connectivity index (χ2n) is 4.69. The smallest absolute Gasteiger partial charge is 0.278 e. The fourth-order valence-corrected chi connectivity index (χ4v) is 2.01. The van der Waals surface area contributed by atoms with Crippen LogP contribution in [0.25, 0.3) is 5.69 Å². The van der Waals surface area contributed by atoms with Gasteiger partial charge in [0.25, 0.3) is 5.91 Å². The molecule has 0 unspecified atom stereocenters. The molecule has 0 radical (unpaired) electrons. The Hall–Kier alpha value is -3.02. The molecule has 22 heavy (non-hydrogen) atoms. The Kier molecular flexibility index (Phi) is 3.65. The number of hydrogen-bond acceptors (Lipinski definition) is 3. The molecule has 110 valence electrons. The summed E-state index contributed by atoms with van der Waals surface area (Å²) in [5.41, 5.74) is 1.49. The van der Waals surface area contributed by atoms with Gasteiger partial charge in [0.05, 0.1) is 17.1 Å². The van der Waals surface area contributed by atoms with Gasteiger partial charge in [-0.3, -0.25) is 4.79 Å². The van der Waals surface area contributed by atoms with Crippen molar-refractivity contribution in [2.45, 2.75) is 6.92 Å². The van der Waals surface area contributed by atoms with Gasteiger partial charge in [0.1, 0.15) is 5.82 Å². The molecular weight excluding hydrogens is 283 g/mol. The minimum atomic E-state index is -0.496. The number of benzene rings is 2. The molecule has 2 aromatic carbocycles. The third-order valence-corrected chi connectivity index (χ3v) is 3.11. The molecule has 0 saturated heterocycles. The molecule has 1 amide bonds. The van der Waals surface area contributed by atoms with Crippen LogP contribution in [0.1, 0.15) is 16.2 Å². The Bertz CT molecular complexity index is 814. The number of nitrogens with zero attached hydrogens (tertiary/aromatic N) is 3. The SMILES string of the molecule is Cc1nn(-c2ccccc2)nc1C(=O)Nc1ccccc1F. The predicted octanol–water partition coefficient (Wildman–Crippen LogP) is 2.97. The number of anilines is 1. The van der Waals surface area contributed by atoms with Crippen molar-refractivity contribution in [3.8, 4) is 5.69 Å². The number of halogens is 1. The lowest BCUT2D eigenvalue weighted by atomic mass is 10.3. The number of rotatable bonds is 3. The first kappa shape index (κ1) is 13.9. The quantitative estimate of drug-likeness (QED) is 0.808. The lowest BCUT2D eigenvalue weighted by molar-refractivity contribution is 0.102. The van der Waals surface area contributed by atoms with Gasteiger partial charge in [0.2, 0.25) is 0 Å². The monoisotopic (exact) mass is 296 g/mol. The molecule has 6 heteroatoms. The van der Waals surface area contributed by atoms with Crippen LogP contribution in [0.15, 0.2) is 54.6 Å². The third kappa shape index (κ3) is 2.71. The summed E-state index contributed by atoms with van der Waals surface area (Å²) in [7, 11) is 0. The highest BCUT2D eigenvalue weighted by atomic mass is 19.1. The van der Waals surface area contributed by atoms with Gasteiger partial charge in [0.15, 0.2) is 5.69 Å². The highest BCUT2D eigenvalue weighted by Crippen LogP contribution is 2.15. The number of amides is 1. The molecule has 0 aliphatic heterocycles. The van der Waals surface area contributed by atoms with E-state index >= 15 is 0 Å². The van der Waals surface area contributed by atoms with Crippen molar-refractivity contribution in [1.82, 2.24) is 15.0 Å². The van der Waals surface area contributed by atoms with Crippen molar-refractivity contribution in [1.29, 1.82) is 0 Å². The van der Waals surface area contributed by atoms with Crippen molar-refractivity contribution in [2.24, 2.45) is 0 Å². The molecule has 3 rings (SSSR count). The van der Waals surface area contributed by atoms with Crippen LogP contribution in [-0.2, 0) is 0 Å². The van der Waals surface area contributed by atoms with E-state index in [-0.39, 0.29) is 11.4 Å². The van der Waals surface area contributed by atoms with Crippen molar-refractivity contribution < 1.29 is 9.18 Å². The molecule has 0 bridgehead atoms. The van der Waals surface area contributed by atoms with Gasteiger partial charge in [0, 0.05) is 0 Å². The topological polar surface area (TPSA) is 59.8 Å². The number of para-hydroxylation sites is 2. The zero-order valence-corrected chi connectivity index (χ0v) is 11.8. The molecule has 1 heterocycles. The molecule has 5 nitrogen and oxygen atoms in total. The summed E-state index contributed by atoms with van der Waals surface area (Å²) in [4.78, 5) is 13.6. The van der Waals surface area contributed by atoms with E-state index in [0.717, 1.165) is 5.69 Å². The Labute approximate surface area is 126 Å². The van der Waals surface area contributed by atoms with Gasteiger partial charge in [-0.1, -0.05) is 30.3 Å². The van der Waals surface area contributed by atoms with Crippen LogP contribution in [-0.4, -0.2) is 20.9 Å². The van der Waals surface area contributed by atoms with Crippen LogP contribution in [0.4, 0.5) is 10.1 Å². The third-order valence-electron chi connectivity index (χ3n) is 3.11. The Morgan fingerprint density at radius 2 is 1.73 bits per heavy atom. The van der Waals surface area contributed by atoms with E-state index in [4.69, 9.17) is 0 Å². The van der Waals surface area contributed by atoms with Crippen molar-refractivity contribution >= 4 is 11.6 Å². The highest BCUT2D eigenvalue weighted by Gasteiger charge is 2.17. The predicted molar refractivity (Wildman–Crippen MR) is 80.4 cm³/mol. The Morgan fingerprint density at radius 3 is 2.45 bits per heavy atom. The van der Waals surface area contributed by atoms with Crippen molar-refractivity contribution in [3.63, 3.8) is 0 Å². The first-order chi connectivity index (χ1) is 10.6. The fourth-order valence-electron chi connectivity index (χ4n) is 2.01. The summed E-state index contributed by atoms with van der Waals surface area (Å²) in [5.74, 6) is -0.992. The van der Waals surface area contributed by atoms with Crippen LogP contribution in [0.5, 0.6) is 0 Å². The lowest BCUT2D eigenvalue weighted by Gasteiger charge is -2.04. The fraction of sp³-hybridized carbons (Fsp3) is 0.0625. The number of carbonyl (C=O) groups excluding carboxylic acids is 1. The Balaban J connectivity index is 1.88. The van der Waals surface area contributed by atoms with Crippen LogP contribution >= 0.6 is 0 Å². The van der Waals surface area contributed by atoms with E-state index in [1.54, 1.807) is 19.1 Å². The number of nitrogens with one attached hydrogen (secondary N) is 1. The van der Waals surface area contributed by atoms with Crippen LogP contribution < -0.4 is 5.32 Å². The van der Waals surface area contributed by atoms with Crippen LogP contribution in [0.3, 0.4) is 0 Å². The maximum absolute atomic E-state index is 13.6. The second kappa shape index (κ2) is 5.77. The molecule has 3 aromatic rings. The molecule has 0 atom stereocenters. The first-order valence-electron chi connectivity index (χ1n) is 6.70. The standard InChI is InChI=1S/C16H13FN4O/c1-11-15(16(22)18-14-10-6-5-9-13(14)17)20-21(19-11)12-7-3-2-4-8-12/h2-10H,1H3,(H,18,22). The Morgan fingerprint density at radius 1 is 1.05 bits per heavy atom. The lowest BCUT2D eigenvalue weighted by Crippen LogP contribution is -2.15. The molecule has 1 N–H and O–H groups in total. The molecule has 0 aliphatic rings. The van der Waals surface area contributed by atoms with Gasteiger partial charge in [-0.25, -0.2) is 4.39 Å². The zero-order valence-electron chi connectivity index (χ0n) is 11.8. The molecule has 1 aromatic heterocycles. The minimum absolute atomic E-state index is 0.112. The average molecular weight is 296 g/mol. The van der Waals surface area contributed by atoms with Gasteiger partial charge in [-0.05, 0) is 31.2 Å². The number of carbonyl (C=O) groups is 1. The van der Waals surface area contributed by atoms with E-state index in [1.165, 1.54) is 16.9 Å². The maximum Gasteiger partial charge on any atom is 0.278 e. The van der Waals surface area contributed by atoms with Crippen molar-refractivity contribution in [3.05, 3.63) is 71.8 Å². The second-order valence-corrected chi connectivity index (χ2v) is 4.69. The average Bonchev–Trinajstić information content (AvgIpc) is 2.92. The van der Waals surface area contributed by atoms with E-state index < -0.39 is 11.7 Å². The van der Waals surface area contributed by atoms with E-state index in [9.17, 15) is 9.18 Å². The molecule has 0 aliphatic carbocycles. The van der Waals surface area contributed by atoms with E-state index in [0.29, 0.717) is 5.69 Å². The summed E-state index contributed by atoms with van der Waals surface area (Å²) in [6.07, 6.45) is 0. The van der Waals surface area contributed by atoms with E-state index in [2.05, 4.69) is 15.5 Å². The number of aryl methyl sites for hydroxylation is 1. The molecule has 0 spiro atoms. The largest absolute Gasteiger partial charge is 0.318 e. The molecule has 0 fully saturated rings. The van der Waals surface area contributed by atoms with Crippen LogP contribution in [0.2, 0.25) is 0 Å². The maximum atomic E-state index is 13.6. The van der Waals surface area contributed by atoms with Gasteiger partial charge < -0.3 is 5.32 Å². The van der Waals surface area contributed by atoms with Crippen molar-refractivity contribution in [2.75, 3.05) is 5.32 Å². The number of aromatic nitrogens is 3. The molecule has 0 saturated carbocycles. The van der Waals surface area contributed by atoms with E-state index in [1.807, 2.05) is 30.3 Å². The summed E-state index contributed by atoms with van der Waals surface area (Å²) in [5, 5.41) is 10.9. The van der Waals surface area contributed by atoms with Gasteiger partial charge in [-0.2, -0.15) is 9.90 Å². The summed E-state index contributed by atoms with van der Waals surface area (Å²) in [6, 6.07) is 15.2. The summed E-state index contributed by atoms with van der Waals surface area (Å²) < 4.78 is 13.6. The summed E-state index contributed by atoms with van der Waals surface area (Å²) in [6.45, 7) is 1.68. The minimum Gasteiger partial charge on any atom is -0.318 e.